The fourth-order valence-corrected chi connectivity index (χ4v) is 1.45. The van der Waals surface area contributed by atoms with Crippen molar-refractivity contribution in [2.75, 3.05) is 7.11 Å². The number of phenolic OH excluding ortho intramolecular Hbond substituents is 2. The summed E-state index contributed by atoms with van der Waals surface area (Å²) in [6.45, 7) is 1.91. The van der Waals surface area contributed by atoms with Crippen molar-refractivity contribution in [2.45, 2.75) is 19.4 Å². The molecule has 2 aromatic rings. The molecule has 6 nitrogen and oxygen atoms in total. The van der Waals surface area contributed by atoms with Crippen molar-refractivity contribution in [1.82, 2.24) is 10.1 Å². The number of benzene rings is 1. The molecule has 1 heterocycles. The molecule has 96 valence electrons. The molecule has 0 saturated heterocycles. The fraction of sp³-hybridized carbons (Fsp3) is 0.333. The van der Waals surface area contributed by atoms with Crippen molar-refractivity contribution in [3.63, 3.8) is 0 Å². The minimum absolute atomic E-state index is 0.00340. The maximum absolute atomic E-state index is 9.39. The maximum atomic E-state index is 9.39. The van der Waals surface area contributed by atoms with E-state index in [9.17, 15) is 10.2 Å². The van der Waals surface area contributed by atoms with Crippen LogP contribution in [0.15, 0.2) is 22.7 Å². The molecule has 18 heavy (non-hydrogen) atoms. The standard InChI is InChI=1S/C12H14N2O4/c1-7(17-2)5-11-13-12(18-14-11)8-3-4-9(15)10(16)6-8/h3-4,6-7,15-16H,5H2,1-2H3. The van der Waals surface area contributed by atoms with E-state index in [-0.39, 0.29) is 17.6 Å². The molecule has 2 rings (SSSR count). The lowest BCUT2D eigenvalue weighted by Crippen LogP contribution is -2.09. The number of hydrogen-bond donors (Lipinski definition) is 2. The summed E-state index contributed by atoms with van der Waals surface area (Å²) in [6, 6.07) is 4.32. The van der Waals surface area contributed by atoms with Crippen LogP contribution in [0.3, 0.4) is 0 Å². The van der Waals surface area contributed by atoms with Crippen LogP contribution in [-0.4, -0.2) is 33.6 Å². The highest BCUT2D eigenvalue weighted by Crippen LogP contribution is 2.29. The summed E-state index contributed by atoms with van der Waals surface area (Å²) >= 11 is 0. The van der Waals surface area contributed by atoms with Gasteiger partial charge >= 0.3 is 0 Å². The van der Waals surface area contributed by atoms with Gasteiger partial charge < -0.3 is 19.5 Å². The number of nitrogens with zero attached hydrogens (tertiary/aromatic N) is 2. The third kappa shape index (κ3) is 2.60. The smallest absolute Gasteiger partial charge is 0.258 e. The first-order valence-electron chi connectivity index (χ1n) is 5.48. The van der Waals surface area contributed by atoms with Gasteiger partial charge in [-0.3, -0.25) is 0 Å². The second kappa shape index (κ2) is 5.05. The Morgan fingerprint density at radius 1 is 1.33 bits per heavy atom. The molecule has 0 radical (unpaired) electrons. The molecule has 0 fully saturated rings. The molecule has 0 spiro atoms. The van der Waals surface area contributed by atoms with Crippen LogP contribution in [0.5, 0.6) is 11.5 Å². The molecular weight excluding hydrogens is 236 g/mol. The molecule has 1 aromatic carbocycles. The number of ether oxygens (including phenoxy) is 1. The Bertz CT molecular complexity index is 539. The van der Waals surface area contributed by atoms with Crippen molar-refractivity contribution in [1.29, 1.82) is 0 Å². The highest BCUT2D eigenvalue weighted by molar-refractivity contribution is 5.58. The average Bonchev–Trinajstić information content (AvgIpc) is 2.81. The van der Waals surface area contributed by atoms with Crippen molar-refractivity contribution >= 4 is 0 Å². The van der Waals surface area contributed by atoms with Gasteiger partial charge in [-0.25, -0.2) is 0 Å². The molecule has 0 bridgehead atoms. The van der Waals surface area contributed by atoms with Crippen molar-refractivity contribution in [3.8, 4) is 23.0 Å². The molecular formula is C12H14N2O4. The molecule has 0 saturated carbocycles. The quantitative estimate of drug-likeness (QED) is 0.803. The SMILES string of the molecule is COC(C)Cc1noc(-c2ccc(O)c(O)c2)n1. The third-order valence-corrected chi connectivity index (χ3v) is 2.56. The lowest BCUT2D eigenvalue weighted by atomic mass is 10.2. The predicted octanol–water partition coefficient (Wildman–Crippen LogP) is 1.73. The van der Waals surface area contributed by atoms with E-state index in [0.717, 1.165) is 0 Å². The lowest BCUT2D eigenvalue weighted by molar-refractivity contribution is 0.116. The first-order chi connectivity index (χ1) is 8.60. The second-order valence-corrected chi connectivity index (χ2v) is 3.97. The van der Waals surface area contributed by atoms with Crippen LogP contribution in [0.4, 0.5) is 0 Å². The Labute approximate surface area is 104 Å². The van der Waals surface area contributed by atoms with Crippen LogP contribution in [0, 0.1) is 0 Å². The molecule has 6 heteroatoms. The predicted molar refractivity (Wildman–Crippen MR) is 63.2 cm³/mol. The lowest BCUT2D eigenvalue weighted by Gasteiger charge is -2.03. The Morgan fingerprint density at radius 3 is 2.78 bits per heavy atom. The summed E-state index contributed by atoms with van der Waals surface area (Å²) in [4.78, 5) is 4.19. The second-order valence-electron chi connectivity index (χ2n) is 3.97. The Morgan fingerprint density at radius 2 is 2.11 bits per heavy atom. The van der Waals surface area contributed by atoms with Crippen molar-refractivity contribution < 1.29 is 19.5 Å². The largest absolute Gasteiger partial charge is 0.504 e. The normalized spacial score (nSPS) is 12.6. The first-order valence-corrected chi connectivity index (χ1v) is 5.48. The summed E-state index contributed by atoms with van der Waals surface area (Å²) in [5.41, 5.74) is 0.550. The Balaban J connectivity index is 2.21. The van der Waals surface area contributed by atoms with Gasteiger partial charge in [-0.15, -0.1) is 0 Å². The van der Waals surface area contributed by atoms with Gasteiger partial charge in [0, 0.05) is 19.1 Å². The summed E-state index contributed by atoms with van der Waals surface area (Å²) in [6.07, 6.45) is 0.549. The third-order valence-electron chi connectivity index (χ3n) is 2.56. The minimum Gasteiger partial charge on any atom is -0.504 e. The van der Waals surface area contributed by atoms with Crippen molar-refractivity contribution in [2.24, 2.45) is 0 Å². The van der Waals surface area contributed by atoms with E-state index in [2.05, 4.69) is 10.1 Å². The van der Waals surface area contributed by atoms with Crippen LogP contribution in [0.25, 0.3) is 11.5 Å². The summed E-state index contributed by atoms with van der Waals surface area (Å²) in [5.74, 6) is 0.416. The molecule has 1 aromatic heterocycles. The van der Waals surface area contributed by atoms with Gasteiger partial charge in [0.1, 0.15) is 0 Å². The van der Waals surface area contributed by atoms with Gasteiger partial charge in [0.15, 0.2) is 17.3 Å². The molecule has 1 atom stereocenters. The molecule has 2 N–H and O–H groups in total. The van der Waals surface area contributed by atoms with Gasteiger partial charge in [0.2, 0.25) is 0 Å². The highest BCUT2D eigenvalue weighted by Gasteiger charge is 2.12. The summed E-state index contributed by atoms with van der Waals surface area (Å²) < 4.78 is 10.2. The number of rotatable bonds is 4. The maximum Gasteiger partial charge on any atom is 0.258 e. The molecule has 0 aliphatic carbocycles. The van der Waals surface area contributed by atoms with Gasteiger partial charge in [-0.05, 0) is 25.1 Å². The number of hydrogen-bond acceptors (Lipinski definition) is 6. The number of phenols is 2. The number of aromatic hydroxyl groups is 2. The van der Waals surface area contributed by atoms with Crippen LogP contribution in [0.1, 0.15) is 12.7 Å². The zero-order valence-corrected chi connectivity index (χ0v) is 10.1. The van der Waals surface area contributed by atoms with Gasteiger partial charge in [0.25, 0.3) is 5.89 Å². The summed E-state index contributed by atoms with van der Waals surface area (Å²) in [5, 5.41) is 22.4. The molecule has 0 aliphatic rings. The number of methoxy groups -OCH3 is 1. The van der Waals surface area contributed by atoms with Crippen LogP contribution >= 0.6 is 0 Å². The average molecular weight is 250 g/mol. The van der Waals surface area contributed by atoms with E-state index in [1.807, 2.05) is 6.92 Å². The Kier molecular flexibility index (Phi) is 3.47. The topological polar surface area (TPSA) is 88.6 Å². The minimum atomic E-state index is -0.225. The first kappa shape index (κ1) is 12.4. The molecule has 1 unspecified atom stereocenters. The van der Waals surface area contributed by atoms with Gasteiger partial charge in [-0.2, -0.15) is 4.98 Å². The van der Waals surface area contributed by atoms with Crippen LogP contribution < -0.4 is 0 Å². The molecule has 0 amide bonds. The van der Waals surface area contributed by atoms with E-state index >= 15 is 0 Å². The van der Waals surface area contributed by atoms with Crippen LogP contribution in [-0.2, 0) is 11.2 Å². The summed E-state index contributed by atoms with van der Waals surface area (Å²) in [7, 11) is 1.61. The number of aromatic nitrogens is 2. The van der Waals surface area contributed by atoms with Crippen molar-refractivity contribution in [3.05, 3.63) is 24.0 Å². The zero-order valence-electron chi connectivity index (χ0n) is 10.1. The Hall–Kier alpha value is -2.08. The van der Waals surface area contributed by atoms with E-state index < -0.39 is 0 Å². The van der Waals surface area contributed by atoms with E-state index in [1.54, 1.807) is 13.2 Å². The monoisotopic (exact) mass is 250 g/mol. The zero-order chi connectivity index (χ0) is 13.1. The van der Waals surface area contributed by atoms with Gasteiger partial charge in [0.05, 0.1) is 6.10 Å². The van der Waals surface area contributed by atoms with E-state index in [4.69, 9.17) is 9.26 Å². The molecule has 0 aliphatic heterocycles. The van der Waals surface area contributed by atoms with E-state index in [1.165, 1.54) is 12.1 Å². The highest BCUT2D eigenvalue weighted by atomic mass is 16.5. The van der Waals surface area contributed by atoms with E-state index in [0.29, 0.717) is 23.7 Å². The van der Waals surface area contributed by atoms with Crippen LogP contribution in [0.2, 0.25) is 0 Å². The van der Waals surface area contributed by atoms with Gasteiger partial charge in [-0.1, -0.05) is 5.16 Å². The fourth-order valence-electron chi connectivity index (χ4n) is 1.45.